The first-order chi connectivity index (χ1) is 8.92. The SMILES string of the molecule is NCc1ccc(NS(=O)(=O)c2cc(Cl)sc2Cl)cc1. The van der Waals surface area contributed by atoms with Gasteiger partial charge >= 0.3 is 0 Å². The quantitative estimate of drug-likeness (QED) is 0.899. The van der Waals surface area contributed by atoms with Gasteiger partial charge in [0.25, 0.3) is 10.0 Å². The molecule has 0 atom stereocenters. The van der Waals surface area contributed by atoms with E-state index in [0.717, 1.165) is 16.9 Å². The van der Waals surface area contributed by atoms with Gasteiger partial charge in [0.15, 0.2) is 0 Å². The summed E-state index contributed by atoms with van der Waals surface area (Å²) in [5, 5.41) is 0. The van der Waals surface area contributed by atoms with E-state index in [1.807, 2.05) is 0 Å². The van der Waals surface area contributed by atoms with Crippen LogP contribution in [0.15, 0.2) is 35.2 Å². The summed E-state index contributed by atoms with van der Waals surface area (Å²) in [7, 11) is -3.73. The molecule has 0 amide bonds. The summed E-state index contributed by atoms with van der Waals surface area (Å²) >= 11 is 12.6. The number of hydrogen-bond acceptors (Lipinski definition) is 4. The summed E-state index contributed by atoms with van der Waals surface area (Å²) < 4.78 is 27.1. The number of halogens is 2. The maximum Gasteiger partial charge on any atom is 0.264 e. The lowest BCUT2D eigenvalue weighted by Gasteiger charge is -2.07. The molecule has 1 aromatic heterocycles. The summed E-state index contributed by atoms with van der Waals surface area (Å²) in [6.07, 6.45) is 0. The van der Waals surface area contributed by atoms with Crippen LogP contribution in [0, 0.1) is 0 Å². The van der Waals surface area contributed by atoms with Crippen molar-refractivity contribution in [3.63, 3.8) is 0 Å². The van der Waals surface area contributed by atoms with Crippen molar-refractivity contribution >= 4 is 50.2 Å². The van der Waals surface area contributed by atoms with E-state index in [0.29, 0.717) is 16.6 Å². The summed E-state index contributed by atoms with van der Waals surface area (Å²) in [6, 6.07) is 8.11. The molecule has 0 aliphatic carbocycles. The largest absolute Gasteiger partial charge is 0.326 e. The third-order valence-electron chi connectivity index (χ3n) is 2.36. The van der Waals surface area contributed by atoms with Gasteiger partial charge in [-0.3, -0.25) is 4.72 Å². The van der Waals surface area contributed by atoms with Crippen molar-refractivity contribution in [1.82, 2.24) is 0 Å². The van der Waals surface area contributed by atoms with E-state index in [9.17, 15) is 8.42 Å². The van der Waals surface area contributed by atoms with Gasteiger partial charge < -0.3 is 5.73 Å². The van der Waals surface area contributed by atoms with Crippen LogP contribution >= 0.6 is 34.5 Å². The van der Waals surface area contributed by atoms with Crippen molar-refractivity contribution in [3.8, 4) is 0 Å². The number of benzene rings is 1. The molecule has 2 aromatic rings. The van der Waals surface area contributed by atoms with E-state index >= 15 is 0 Å². The minimum absolute atomic E-state index is 0.0212. The van der Waals surface area contributed by atoms with Crippen LogP contribution in [-0.2, 0) is 16.6 Å². The Labute approximate surface area is 125 Å². The summed E-state index contributed by atoms with van der Waals surface area (Å²) in [4.78, 5) is -0.0212. The first kappa shape index (κ1) is 14.6. The molecule has 0 aliphatic rings. The number of nitrogens with one attached hydrogen (secondary N) is 1. The van der Waals surface area contributed by atoms with Gasteiger partial charge in [0, 0.05) is 12.2 Å². The zero-order chi connectivity index (χ0) is 14.0. The average molecular weight is 337 g/mol. The maximum atomic E-state index is 12.1. The van der Waals surface area contributed by atoms with Crippen LogP contribution in [0.25, 0.3) is 0 Å². The van der Waals surface area contributed by atoms with Gasteiger partial charge in [-0.15, -0.1) is 11.3 Å². The second-order valence-electron chi connectivity index (χ2n) is 3.70. The van der Waals surface area contributed by atoms with Crippen LogP contribution in [0.4, 0.5) is 5.69 Å². The predicted molar refractivity (Wildman–Crippen MR) is 79.5 cm³/mol. The molecule has 3 N–H and O–H groups in total. The minimum atomic E-state index is -3.73. The fraction of sp³-hybridized carbons (Fsp3) is 0.0909. The van der Waals surface area contributed by atoms with Crippen LogP contribution < -0.4 is 10.5 Å². The summed E-state index contributed by atoms with van der Waals surface area (Å²) in [6.45, 7) is 0.402. The van der Waals surface area contributed by atoms with Crippen molar-refractivity contribution in [3.05, 3.63) is 44.6 Å². The highest BCUT2D eigenvalue weighted by Crippen LogP contribution is 2.35. The van der Waals surface area contributed by atoms with E-state index in [2.05, 4.69) is 4.72 Å². The monoisotopic (exact) mass is 336 g/mol. The number of anilines is 1. The Morgan fingerprint density at radius 1 is 1.21 bits per heavy atom. The molecule has 1 aromatic carbocycles. The van der Waals surface area contributed by atoms with Crippen molar-refractivity contribution in [2.24, 2.45) is 5.73 Å². The number of hydrogen-bond donors (Lipinski definition) is 2. The molecule has 0 aliphatic heterocycles. The van der Waals surface area contributed by atoms with E-state index in [1.165, 1.54) is 6.07 Å². The second kappa shape index (κ2) is 5.68. The molecule has 0 fully saturated rings. The fourth-order valence-corrected chi connectivity index (χ4v) is 4.64. The van der Waals surface area contributed by atoms with Crippen molar-refractivity contribution < 1.29 is 8.42 Å². The number of thiophene rings is 1. The summed E-state index contributed by atoms with van der Waals surface area (Å²) in [5.74, 6) is 0. The van der Waals surface area contributed by atoms with Crippen molar-refractivity contribution in [2.75, 3.05) is 4.72 Å². The topological polar surface area (TPSA) is 72.2 Å². The maximum absolute atomic E-state index is 12.1. The molecule has 0 unspecified atom stereocenters. The number of sulfonamides is 1. The Morgan fingerprint density at radius 3 is 2.32 bits per heavy atom. The number of nitrogens with two attached hydrogens (primary N) is 1. The molecule has 2 rings (SSSR count). The highest BCUT2D eigenvalue weighted by atomic mass is 35.5. The molecular formula is C11H10Cl2N2O2S2. The standard InChI is InChI=1S/C11H10Cl2N2O2S2/c12-10-5-9(11(13)18-10)19(16,17)15-8-3-1-7(6-14)2-4-8/h1-5,15H,6,14H2. The third kappa shape index (κ3) is 3.40. The molecule has 0 spiro atoms. The predicted octanol–water partition coefficient (Wildman–Crippen LogP) is 3.31. The summed E-state index contributed by atoms with van der Waals surface area (Å²) in [5.41, 5.74) is 6.83. The highest BCUT2D eigenvalue weighted by molar-refractivity contribution is 7.93. The Bertz CT molecular complexity index is 681. The van der Waals surface area contributed by atoms with Crippen LogP contribution in [0.2, 0.25) is 8.67 Å². The first-order valence-electron chi connectivity index (χ1n) is 5.19. The smallest absolute Gasteiger partial charge is 0.264 e. The molecule has 8 heteroatoms. The van der Waals surface area contributed by atoms with E-state index in [-0.39, 0.29) is 9.23 Å². The molecule has 19 heavy (non-hydrogen) atoms. The minimum Gasteiger partial charge on any atom is -0.326 e. The fourth-order valence-electron chi connectivity index (χ4n) is 1.43. The lowest BCUT2D eigenvalue weighted by Crippen LogP contribution is -2.12. The molecule has 4 nitrogen and oxygen atoms in total. The van der Waals surface area contributed by atoms with Gasteiger partial charge in [-0.25, -0.2) is 8.42 Å². The third-order valence-corrected chi connectivity index (χ3v) is 5.49. The second-order valence-corrected chi connectivity index (χ2v) is 7.63. The van der Waals surface area contributed by atoms with Gasteiger partial charge in [0.2, 0.25) is 0 Å². The van der Waals surface area contributed by atoms with Gasteiger partial charge in [-0.1, -0.05) is 35.3 Å². The molecule has 102 valence electrons. The first-order valence-corrected chi connectivity index (χ1v) is 8.24. The van der Waals surface area contributed by atoms with Crippen LogP contribution in [-0.4, -0.2) is 8.42 Å². The molecule has 0 saturated carbocycles. The normalized spacial score (nSPS) is 11.5. The Hall–Kier alpha value is -0.790. The van der Waals surface area contributed by atoms with Crippen LogP contribution in [0.1, 0.15) is 5.56 Å². The van der Waals surface area contributed by atoms with Crippen molar-refractivity contribution in [1.29, 1.82) is 0 Å². The van der Waals surface area contributed by atoms with Crippen LogP contribution in [0.3, 0.4) is 0 Å². The van der Waals surface area contributed by atoms with Gasteiger partial charge in [0.1, 0.15) is 9.23 Å². The average Bonchev–Trinajstić information content (AvgIpc) is 2.70. The molecule has 0 bridgehead atoms. The molecule has 0 saturated heterocycles. The Morgan fingerprint density at radius 2 is 1.84 bits per heavy atom. The Kier molecular flexibility index (Phi) is 4.37. The van der Waals surface area contributed by atoms with E-state index in [4.69, 9.17) is 28.9 Å². The lowest BCUT2D eigenvalue weighted by molar-refractivity contribution is 0.601. The highest BCUT2D eigenvalue weighted by Gasteiger charge is 2.20. The zero-order valence-corrected chi connectivity index (χ0v) is 12.7. The zero-order valence-electron chi connectivity index (χ0n) is 9.56. The molecule has 0 radical (unpaired) electrons. The van der Waals surface area contributed by atoms with Crippen LogP contribution in [0.5, 0.6) is 0 Å². The van der Waals surface area contributed by atoms with Gasteiger partial charge in [-0.05, 0) is 23.8 Å². The van der Waals surface area contributed by atoms with E-state index < -0.39 is 10.0 Å². The van der Waals surface area contributed by atoms with E-state index in [1.54, 1.807) is 24.3 Å². The lowest BCUT2D eigenvalue weighted by atomic mass is 10.2. The van der Waals surface area contributed by atoms with Gasteiger partial charge in [-0.2, -0.15) is 0 Å². The van der Waals surface area contributed by atoms with Crippen molar-refractivity contribution in [2.45, 2.75) is 11.4 Å². The number of rotatable bonds is 4. The van der Waals surface area contributed by atoms with Gasteiger partial charge in [0.05, 0.1) is 4.34 Å². The molecular weight excluding hydrogens is 327 g/mol. The Balaban J connectivity index is 2.28. The molecule has 1 heterocycles.